The zero-order valence-corrected chi connectivity index (χ0v) is 11.8. The summed E-state index contributed by atoms with van der Waals surface area (Å²) in [6, 6.07) is 0. The van der Waals surface area contributed by atoms with Crippen LogP contribution in [-0.2, 0) is 9.47 Å². The van der Waals surface area contributed by atoms with Crippen LogP contribution < -0.4 is 5.32 Å². The highest BCUT2D eigenvalue weighted by molar-refractivity contribution is 5.60. The van der Waals surface area contributed by atoms with Crippen molar-refractivity contribution in [3.8, 4) is 0 Å². The van der Waals surface area contributed by atoms with Crippen LogP contribution in [0.15, 0.2) is 0 Å². The summed E-state index contributed by atoms with van der Waals surface area (Å²) in [4.78, 5) is 11.2. The second-order valence-corrected chi connectivity index (χ2v) is 5.60. The Balaban J connectivity index is 3.31. The molecule has 0 aliphatic carbocycles. The van der Waals surface area contributed by atoms with Crippen molar-refractivity contribution in [2.24, 2.45) is 5.92 Å². The van der Waals surface area contributed by atoms with Crippen molar-refractivity contribution < 1.29 is 14.3 Å². The summed E-state index contributed by atoms with van der Waals surface area (Å²) >= 11 is 0. The number of rotatable bonds is 7. The fourth-order valence-electron chi connectivity index (χ4n) is 1.15. The lowest BCUT2D eigenvalue weighted by molar-refractivity contribution is -0.00741. The number of carbonyl (C=O) groups is 1. The first-order valence-corrected chi connectivity index (χ1v) is 6.38. The molecule has 0 aromatic rings. The van der Waals surface area contributed by atoms with Crippen LogP contribution in [0.25, 0.3) is 0 Å². The van der Waals surface area contributed by atoms with E-state index in [1.165, 1.54) is 6.42 Å². The van der Waals surface area contributed by atoms with Gasteiger partial charge in [0, 0.05) is 0 Å². The third-order valence-corrected chi connectivity index (χ3v) is 2.01. The van der Waals surface area contributed by atoms with Crippen LogP contribution in [0, 0.1) is 5.92 Å². The lowest BCUT2D eigenvalue weighted by Gasteiger charge is -2.18. The number of ether oxygens (including phenoxy) is 2. The summed E-state index contributed by atoms with van der Waals surface area (Å²) in [7, 11) is 0. The summed E-state index contributed by atoms with van der Waals surface area (Å²) in [5.74, 6) is 0.723. The minimum atomic E-state index is -0.584. The van der Waals surface area contributed by atoms with E-state index in [1.54, 1.807) is 0 Å². The van der Waals surface area contributed by atoms with Gasteiger partial charge in [0.15, 0.2) is 0 Å². The predicted octanol–water partition coefficient (Wildman–Crippen LogP) is 2.96. The number of nitrogens with one attached hydrogen (secondary N) is 1. The molecular weight excluding hydrogens is 218 g/mol. The van der Waals surface area contributed by atoms with E-state index in [2.05, 4.69) is 19.2 Å². The van der Waals surface area contributed by atoms with Gasteiger partial charge in [-0.1, -0.05) is 13.8 Å². The van der Waals surface area contributed by atoms with E-state index in [9.17, 15) is 4.79 Å². The molecule has 0 rings (SSSR count). The van der Waals surface area contributed by atoms with Gasteiger partial charge in [-0.05, 0) is 52.6 Å². The predicted molar refractivity (Wildman–Crippen MR) is 69.1 cm³/mol. The minimum Gasteiger partial charge on any atom is -0.434 e. The van der Waals surface area contributed by atoms with Gasteiger partial charge in [0.1, 0.15) is 5.60 Å². The molecule has 0 aliphatic rings. The molecule has 17 heavy (non-hydrogen) atoms. The van der Waals surface area contributed by atoms with Gasteiger partial charge in [0.2, 0.25) is 0 Å². The van der Waals surface area contributed by atoms with Crippen molar-refractivity contribution in [1.82, 2.24) is 5.32 Å². The van der Waals surface area contributed by atoms with Gasteiger partial charge >= 0.3 is 6.16 Å². The monoisotopic (exact) mass is 245 g/mol. The molecule has 0 heterocycles. The summed E-state index contributed by atoms with van der Waals surface area (Å²) in [5, 5.41) is 3.31. The van der Waals surface area contributed by atoms with Crippen LogP contribution in [0.2, 0.25) is 0 Å². The molecule has 0 amide bonds. The molecule has 0 aromatic heterocycles. The van der Waals surface area contributed by atoms with E-state index in [1.807, 2.05) is 20.8 Å². The first-order chi connectivity index (χ1) is 7.81. The molecule has 0 atom stereocenters. The van der Waals surface area contributed by atoms with Gasteiger partial charge < -0.3 is 14.8 Å². The van der Waals surface area contributed by atoms with Crippen molar-refractivity contribution in [3.05, 3.63) is 0 Å². The topological polar surface area (TPSA) is 47.6 Å². The van der Waals surface area contributed by atoms with Crippen molar-refractivity contribution in [2.75, 3.05) is 19.7 Å². The smallest absolute Gasteiger partial charge is 0.434 e. The Morgan fingerprint density at radius 3 is 2.41 bits per heavy atom. The number of carbonyl (C=O) groups excluding carboxylic acids is 1. The molecule has 0 aliphatic heterocycles. The van der Waals surface area contributed by atoms with Crippen LogP contribution in [0.1, 0.15) is 47.5 Å². The third kappa shape index (κ3) is 13.2. The largest absolute Gasteiger partial charge is 0.508 e. The second-order valence-electron chi connectivity index (χ2n) is 5.60. The molecule has 102 valence electrons. The number of hydrogen-bond donors (Lipinski definition) is 1. The molecule has 1 N–H and O–H groups in total. The van der Waals surface area contributed by atoms with Crippen LogP contribution in [-0.4, -0.2) is 31.5 Å². The molecule has 0 unspecified atom stereocenters. The lowest BCUT2D eigenvalue weighted by Crippen LogP contribution is -2.25. The van der Waals surface area contributed by atoms with E-state index in [0.29, 0.717) is 6.61 Å². The molecule has 0 saturated carbocycles. The Morgan fingerprint density at radius 1 is 1.24 bits per heavy atom. The minimum absolute atomic E-state index is 0.406. The van der Waals surface area contributed by atoms with Gasteiger partial charge in [0.25, 0.3) is 0 Å². The second kappa shape index (κ2) is 8.34. The average molecular weight is 245 g/mol. The maximum atomic E-state index is 11.2. The Kier molecular flexibility index (Phi) is 7.96. The Morgan fingerprint density at radius 2 is 1.88 bits per heavy atom. The summed E-state index contributed by atoms with van der Waals surface area (Å²) in [6.45, 7) is 12.2. The maximum Gasteiger partial charge on any atom is 0.508 e. The van der Waals surface area contributed by atoms with E-state index in [4.69, 9.17) is 9.47 Å². The molecule has 4 heteroatoms. The summed E-state index contributed by atoms with van der Waals surface area (Å²) < 4.78 is 9.96. The average Bonchev–Trinajstić information content (AvgIpc) is 2.12. The van der Waals surface area contributed by atoms with Crippen molar-refractivity contribution in [1.29, 1.82) is 0 Å². The molecule has 0 bridgehead atoms. The summed E-state index contributed by atoms with van der Waals surface area (Å²) in [6.07, 6.45) is 1.41. The lowest BCUT2D eigenvalue weighted by atomic mass is 10.1. The Labute approximate surface area is 105 Å². The first-order valence-electron chi connectivity index (χ1n) is 6.38. The SMILES string of the molecule is CC(C)CCNCCCOC(=O)OC(C)(C)C. The van der Waals surface area contributed by atoms with Crippen LogP contribution in [0.3, 0.4) is 0 Å². The highest BCUT2D eigenvalue weighted by Gasteiger charge is 2.16. The fraction of sp³-hybridized carbons (Fsp3) is 0.923. The van der Waals surface area contributed by atoms with Gasteiger partial charge in [-0.2, -0.15) is 0 Å². The first kappa shape index (κ1) is 16.2. The van der Waals surface area contributed by atoms with E-state index < -0.39 is 11.8 Å². The van der Waals surface area contributed by atoms with Gasteiger partial charge in [-0.15, -0.1) is 0 Å². The van der Waals surface area contributed by atoms with Crippen molar-refractivity contribution in [2.45, 2.75) is 53.1 Å². The zero-order chi connectivity index (χ0) is 13.3. The maximum absolute atomic E-state index is 11.2. The quantitative estimate of drug-likeness (QED) is 0.553. The molecular formula is C13H27NO3. The molecule has 0 aromatic carbocycles. The fourth-order valence-corrected chi connectivity index (χ4v) is 1.15. The van der Waals surface area contributed by atoms with Crippen LogP contribution in [0.5, 0.6) is 0 Å². The van der Waals surface area contributed by atoms with Crippen molar-refractivity contribution in [3.63, 3.8) is 0 Å². The van der Waals surface area contributed by atoms with Crippen LogP contribution in [0.4, 0.5) is 4.79 Å². The van der Waals surface area contributed by atoms with Crippen molar-refractivity contribution >= 4 is 6.16 Å². The van der Waals surface area contributed by atoms with E-state index in [-0.39, 0.29) is 0 Å². The Hall–Kier alpha value is -0.770. The molecule has 0 radical (unpaired) electrons. The van der Waals surface area contributed by atoms with E-state index >= 15 is 0 Å². The number of hydrogen-bond acceptors (Lipinski definition) is 4. The highest BCUT2D eigenvalue weighted by Crippen LogP contribution is 2.07. The molecule has 0 fully saturated rings. The molecule has 4 nitrogen and oxygen atoms in total. The summed E-state index contributed by atoms with van der Waals surface area (Å²) in [5.41, 5.74) is -0.480. The third-order valence-electron chi connectivity index (χ3n) is 2.01. The standard InChI is InChI=1S/C13H27NO3/c1-11(2)7-9-14-8-6-10-16-12(15)17-13(3,4)5/h11,14H,6-10H2,1-5H3. The van der Waals surface area contributed by atoms with E-state index in [0.717, 1.165) is 25.4 Å². The zero-order valence-electron chi connectivity index (χ0n) is 11.8. The van der Waals surface area contributed by atoms with Crippen LogP contribution >= 0.6 is 0 Å². The van der Waals surface area contributed by atoms with Gasteiger partial charge in [-0.3, -0.25) is 0 Å². The molecule has 0 spiro atoms. The van der Waals surface area contributed by atoms with Gasteiger partial charge in [-0.25, -0.2) is 4.79 Å². The highest BCUT2D eigenvalue weighted by atomic mass is 16.7. The normalized spacial score (nSPS) is 11.6. The van der Waals surface area contributed by atoms with Gasteiger partial charge in [0.05, 0.1) is 6.61 Å². The Bertz CT molecular complexity index is 209. The molecule has 0 saturated heterocycles.